The van der Waals surface area contributed by atoms with Crippen LogP contribution in [0.5, 0.6) is 0 Å². The van der Waals surface area contributed by atoms with Gasteiger partial charge in [-0.25, -0.2) is 8.42 Å². The molecule has 5 nitrogen and oxygen atoms in total. The molecule has 2 fully saturated rings. The second kappa shape index (κ2) is 5.69. The molecule has 1 heterocycles. The molecule has 110 valence electrons. The first-order valence-corrected chi connectivity index (χ1v) is 9.14. The highest BCUT2D eigenvalue weighted by molar-refractivity contribution is 7.90. The van der Waals surface area contributed by atoms with Crippen molar-refractivity contribution in [2.75, 3.05) is 38.7 Å². The van der Waals surface area contributed by atoms with Crippen molar-refractivity contribution >= 4 is 15.8 Å². The summed E-state index contributed by atoms with van der Waals surface area (Å²) in [6, 6.07) is 0. The van der Waals surface area contributed by atoms with Gasteiger partial charge in [0, 0.05) is 32.9 Å². The number of nitrogens with one attached hydrogen (secondary N) is 1. The average Bonchev–Trinajstić information content (AvgIpc) is 2.95. The molecule has 0 amide bonds. The minimum Gasteiger partial charge on any atom is -0.355 e. The van der Waals surface area contributed by atoms with E-state index in [-0.39, 0.29) is 5.75 Å². The molecule has 2 aliphatic rings. The van der Waals surface area contributed by atoms with Crippen molar-refractivity contribution < 1.29 is 8.42 Å². The number of sulfone groups is 1. The van der Waals surface area contributed by atoms with Gasteiger partial charge in [0.2, 0.25) is 0 Å². The van der Waals surface area contributed by atoms with E-state index in [0.29, 0.717) is 12.0 Å². The molecule has 1 N–H and O–H groups in total. The number of guanidine groups is 1. The van der Waals surface area contributed by atoms with E-state index in [1.54, 1.807) is 7.05 Å². The predicted octanol–water partition coefficient (Wildman–Crippen LogP) is 0.873. The fourth-order valence-electron chi connectivity index (χ4n) is 3.33. The molecule has 0 atom stereocenters. The fraction of sp³-hybridized carbons (Fsp3) is 0.923. The van der Waals surface area contributed by atoms with Gasteiger partial charge in [-0.2, -0.15) is 0 Å². The van der Waals surface area contributed by atoms with E-state index in [1.165, 1.54) is 38.4 Å². The summed E-state index contributed by atoms with van der Waals surface area (Å²) in [6.45, 7) is 2.55. The van der Waals surface area contributed by atoms with E-state index in [2.05, 4.69) is 15.2 Å². The minimum atomic E-state index is -2.91. The van der Waals surface area contributed by atoms with Gasteiger partial charge in [-0.3, -0.25) is 4.99 Å². The molecule has 1 spiro atoms. The van der Waals surface area contributed by atoms with Crippen LogP contribution in [0.25, 0.3) is 0 Å². The molecule has 0 radical (unpaired) electrons. The minimum absolute atomic E-state index is 0.158. The zero-order valence-corrected chi connectivity index (χ0v) is 12.8. The molecule has 6 heteroatoms. The Labute approximate surface area is 116 Å². The first-order valence-electron chi connectivity index (χ1n) is 7.07. The van der Waals surface area contributed by atoms with Crippen LogP contribution in [0.3, 0.4) is 0 Å². The molecule has 2 rings (SSSR count). The van der Waals surface area contributed by atoms with E-state index in [1.807, 2.05) is 0 Å². The monoisotopic (exact) mass is 287 g/mol. The molecule has 0 aromatic heterocycles. The number of hydrogen-bond acceptors (Lipinski definition) is 3. The Bertz CT molecular complexity index is 439. The summed E-state index contributed by atoms with van der Waals surface area (Å²) in [4.78, 5) is 6.57. The third kappa shape index (κ3) is 3.84. The van der Waals surface area contributed by atoms with Crippen molar-refractivity contribution in [1.29, 1.82) is 0 Å². The van der Waals surface area contributed by atoms with Crippen LogP contribution in [0.2, 0.25) is 0 Å². The topological polar surface area (TPSA) is 61.8 Å². The number of rotatable bonds is 3. The Morgan fingerprint density at radius 3 is 2.58 bits per heavy atom. The van der Waals surface area contributed by atoms with E-state index < -0.39 is 9.84 Å². The van der Waals surface area contributed by atoms with Crippen molar-refractivity contribution in [3.05, 3.63) is 0 Å². The lowest BCUT2D eigenvalue weighted by Crippen LogP contribution is -2.42. The summed E-state index contributed by atoms with van der Waals surface area (Å²) in [6.07, 6.45) is 7.90. The van der Waals surface area contributed by atoms with Gasteiger partial charge in [0.1, 0.15) is 9.84 Å². The maximum absolute atomic E-state index is 11.1. The first-order chi connectivity index (χ1) is 8.94. The van der Waals surface area contributed by atoms with E-state index in [9.17, 15) is 8.42 Å². The number of nitrogens with zero attached hydrogens (tertiary/aromatic N) is 2. The standard InChI is InChI=1S/C13H25N3O2S/c1-14-12(15-8-10-19(2,17)18)16-9-7-13(11-16)5-3-4-6-13/h3-11H2,1-2H3,(H,14,15). The Hall–Kier alpha value is -0.780. The number of likely N-dealkylation sites (tertiary alicyclic amines) is 1. The predicted molar refractivity (Wildman–Crippen MR) is 78.2 cm³/mol. The SMILES string of the molecule is CN=C(NCCS(C)(=O)=O)N1CCC2(CCCC2)C1. The van der Waals surface area contributed by atoms with Gasteiger partial charge in [-0.1, -0.05) is 12.8 Å². The second-order valence-corrected chi connectivity index (χ2v) is 8.24. The lowest BCUT2D eigenvalue weighted by molar-refractivity contribution is 0.309. The van der Waals surface area contributed by atoms with Crippen LogP contribution in [0.4, 0.5) is 0 Å². The lowest BCUT2D eigenvalue weighted by atomic mass is 9.86. The molecule has 0 aromatic carbocycles. The summed E-state index contributed by atoms with van der Waals surface area (Å²) < 4.78 is 22.3. The molecule has 0 unspecified atom stereocenters. The third-order valence-electron chi connectivity index (χ3n) is 4.37. The van der Waals surface area contributed by atoms with Crippen LogP contribution < -0.4 is 5.32 Å². The van der Waals surface area contributed by atoms with Gasteiger partial charge in [0.15, 0.2) is 5.96 Å². The van der Waals surface area contributed by atoms with Crippen LogP contribution in [-0.4, -0.2) is 58.0 Å². The molecule has 0 bridgehead atoms. The van der Waals surface area contributed by atoms with Gasteiger partial charge in [-0.05, 0) is 24.7 Å². The molecule has 1 saturated heterocycles. The molecular weight excluding hydrogens is 262 g/mol. The molecule has 1 saturated carbocycles. The average molecular weight is 287 g/mol. The summed E-state index contributed by atoms with van der Waals surface area (Å²) in [5.41, 5.74) is 0.508. The summed E-state index contributed by atoms with van der Waals surface area (Å²) >= 11 is 0. The summed E-state index contributed by atoms with van der Waals surface area (Å²) in [5.74, 6) is 1.01. The maximum Gasteiger partial charge on any atom is 0.193 e. The van der Waals surface area contributed by atoms with Crippen molar-refractivity contribution in [2.24, 2.45) is 10.4 Å². The lowest BCUT2D eigenvalue weighted by Gasteiger charge is -2.25. The van der Waals surface area contributed by atoms with E-state index in [0.717, 1.165) is 19.0 Å². The van der Waals surface area contributed by atoms with Crippen molar-refractivity contribution in [3.63, 3.8) is 0 Å². The summed E-state index contributed by atoms with van der Waals surface area (Å²) in [5, 5.41) is 3.17. The van der Waals surface area contributed by atoms with Crippen LogP contribution in [0.15, 0.2) is 4.99 Å². The molecule has 1 aliphatic carbocycles. The number of aliphatic imine (C=N–C) groups is 1. The highest BCUT2D eigenvalue weighted by Crippen LogP contribution is 2.45. The first kappa shape index (κ1) is 14.6. The maximum atomic E-state index is 11.1. The largest absolute Gasteiger partial charge is 0.355 e. The number of hydrogen-bond donors (Lipinski definition) is 1. The smallest absolute Gasteiger partial charge is 0.193 e. The van der Waals surface area contributed by atoms with Gasteiger partial charge in [-0.15, -0.1) is 0 Å². The van der Waals surface area contributed by atoms with Gasteiger partial charge >= 0.3 is 0 Å². The van der Waals surface area contributed by atoms with Crippen LogP contribution in [-0.2, 0) is 9.84 Å². The van der Waals surface area contributed by atoms with Crippen LogP contribution >= 0.6 is 0 Å². The van der Waals surface area contributed by atoms with Gasteiger partial charge < -0.3 is 10.2 Å². The zero-order valence-electron chi connectivity index (χ0n) is 12.0. The molecule has 1 aliphatic heterocycles. The van der Waals surface area contributed by atoms with Crippen LogP contribution in [0.1, 0.15) is 32.1 Å². The quantitative estimate of drug-likeness (QED) is 0.618. The van der Waals surface area contributed by atoms with Crippen LogP contribution in [0, 0.1) is 5.41 Å². The zero-order chi connectivity index (χ0) is 13.9. The molecule has 0 aromatic rings. The van der Waals surface area contributed by atoms with E-state index in [4.69, 9.17) is 0 Å². The third-order valence-corrected chi connectivity index (χ3v) is 5.32. The second-order valence-electron chi connectivity index (χ2n) is 5.98. The normalized spacial score (nSPS) is 23.3. The van der Waals surface area contributed by atoms with Crippen molar-refractivity contribution in [1.82, 2.24) is 10.2 Å². The Morgan fingerprint density at radius 2 is 2.00 bits per heavy atom. The Kier molecular flexibility index (Phi) is 4.38. The van der Waals surface area contributed by atoms with Gasteiger partial charge in [0.05, 0.1) is 5.75 Å². The molecule has 19 heavy (non-hydrogen) atoms. The van der Waals surface area contributed by atoms with Crippen molar-refractivity contribution in [2.45, 2.75) is 32.1 Å². The highest BCUT2D eigenvalue weighted by Gasteiger charge is 2.40. The Balaban J connectivity index is 1.86. The van der Waals surface area contributed by atoms with Gasteiger partial charge in [0.25, 0.3) is 0 Å². The fourth-order valence-corrected chi connectivity index (χ4v) is 3.80. The summed E-state index contributed by atoms with van der Waals surface area (Å²) in [7, 11) is -1.14. The highest BCUT2D eigenvalue weighted by atomic mass is 32.2. The van der Waals surface area contributed by atoms with E-state index >= 15 is 0 Å². The Morgan fingerprint density at radius 1 is 1.32 bits per heavy atom. The molecular formula is C13H25N3O2S. The van der Waals surface area contributed by atoms with Crippen molar-refractivity contribution in [3.8, 4) is 0 Å².